The van der Waals surface area contributed by atoms with Crippen molar-refractivity contribution in [1.82, 2.24) is 10.1 Å². The van der Waals surface area contributed by atoms with Crippen LogP contribution in [0.5, 0.6) is 0 Å². The Bertz CT molecular complexity index is 524. The first-order chi connectivity index (χ1) is 7.65. The molecule has 0 bridgehead atoms. The Kier molecular flexibility index (Phi) is 2.63. The van der Waals surface area contributed by atoms with Gasteiger partial charge >= 0.3 is 0 Å². The summed E-state index contributed by atoms with van der Waals surface area (Å²) < 4.78 is 17.5. The summed E-state index contributed by atoms with van der Waals surface area (Å²) in [5.74, 6) is -0.493. The lowest BCUT2D eigenvalue weighted by Gasteiger charge is -2.00. The van der Waals surface area contributed by atoms with Crippen LogP contribution >= 0.6 is 0 Å². The summed E-state index contributed by atoms with van der Waals surface area (Å²) in [6.07, 6.45) is 0. The number of nitrogens with zero attached hydrogens (tertiary/aromatic N) is 2. The lowest BCUT2D eigenvalue weighted by atomic mass is 10.3. The van der Waals surface area contributed by atoms with E-state index in [1.54, 1.807) is 6.92 Å². The summed E-state index contributed by atoms with van der Waals surface area (Å²) in [5.41, 5.74) is 0.128. The number of hydrogen-bond donors (Lipinski definition) is 1. The van der Waals surface area contributed by atoms with Crippen molar-refractivity contribution in [3.8, 4) is 0 Å². The molecule has 0 saturated heterocycles. The zero-order valence-electron chi connectivity index (χ0n) is 8.40. The van der Waals surface area contributed by atoms with E-state index in [1.165, 1.54) is 24.3 Å². The van der Waals surface area contributed by atoms with Crippen LogP contribution in [0.1, 0.15) is 16.2 Å². The zero-order valence-corrected chi connectivity index (χ0v) is 8.40. The van der Waals surface area contributed by atoms with Crippen molar-refractivity contribution < 1.29 is 13.7 Å². The third-order valence-electron chi connectivity index (χ3n) is 1.82. The topological polar surface area (TPSA) is 68.0 Å². The number of hydrogen-bond acceptors (Lipinski definition) is 4. The number of amides is 1. The molecular weight excluding hydrogens is 213 g/mol. The van der Waals surface area contributed by atoms with Gasteiger partial charge in [0.05, 0.1) is 0 Å². The van der Waals surface area contributed by atoms with Gasteiger partial charge in [-0.1, -0.05) is 11.2 Å². The van der Waals surface area contributed by atoms with Crippen LogP contribution in [0.3, 0.4) is 0 Å². The van der Waals surface area contributed by atoms with E-state index in [-0.39, 0.29) is 11.5 Å². The minimum Gasteiger partial charge on any atom is -0.361 e. The van der Waals surface area contributed by atoms with Gasteiger partial charge in [-0.05, 0) is 19.1 Å². The molecule has 2 rings (SSSR count). The molecule has 0 saturated carbocycles. The number of rotatable bonds is 2. The van der Waals surface area contributed by atoms with Crippen LogP contribution in [0, 0.1) is 12.9 Å². The van der Waals surface area contributed by atoms with Gasteiger partial charge in [0.25, 0.3) is 5.91 Å². The zero-order chi connectivity index (χ0) is 11.5. The van der Waals surface area contributed by atoms with Gasteiger partial charge in [-0.2, -0.15) is 4.39 Å². The summed E-state index contributed by atoms with van der Waals surface area (Å²) in [6.45, 7) is 1.67. The van der Waals surface area contributed by atoms with E-state index in [2.05, 4.69) is 15.5 Å². The number of aromatic nitrogens is 2. The monoisotopic (exact) mass is 221 g/mol. The summed E-state index contributed by atoms with van der Waals surface area (Å²) in [6, 6.07) is 5.60. The third-order valence-corrected chi connectivity index (χ3v) is 1.82. The van der Waals surface area contributed by atoms with Gasteiger partial charge in [-0.3, -0.25) is 4.79 Å². The maximum atomic E-state index is 12.7. The second kappa shape index (κ2) is 4.09. The van der Waals surface area contributed by atoms with Crippen LogP contribution in [0.4, 0.5) is 10.2 Å². The SMILES string of the molecule is Cc1cc(C(=O)Nc2cccc(F)n2)no1. The largest absolute Gasteiger partial charge is 0.361 e. The quantitative estimate of drug-likeness (QED) is 0.784. The lowest BCUT2D eigenvalue weighted by molar-refractivity contribution is 0.101. The van der Waals surface area contributed by atoms with Gasteiger partial charge in [-0.15, -0.1) is 0 Å². The molecular formula is C10H8FN3O2. The molecule has 82 valence electrons. The first-order valence-electron chi connectivity index (χ1n) is 4.52. The van der Waals surface area contributed by atoms with Crippen LogP contribution < -0.4 is 5.32 Å². The molecule has 0 radical (unpaired) electrons. The van der Waals surface area contributed by atoms with Gasteiger partial charge in [0.2, 0.25) is 5.95 Å². The average Bonchev–Trinajstić information content (AvgIpc) is 2.65. The smallest absolute Gasteiger partial charge is 0.279 e. The molecule has 0 aliphatic heterocycles. The number of halogens is 1. The fourth-order valence-corrected chi connectivity index (χ4v) is 1.13. The number of pyridine rings is 1. The van der Waals surface area contributed by atoms with Crippen LogP contribution in [0.2, 0.25) is 0 Å². The molecule has 6 heteroatoms. The normalized spacial score (nSPS) is 10.1. The molecule has 2 aromatic heterocycles. The van der Waals surface area contributed by atoms with Crippen molar-refractivity contribution in [1.29, 1.82) is 0 Å². The Morgan fingerprint density at radius 2 is 2.31 bits per heavy atom. The number of nitrogens with one attached hydrogen (secondary N) is 1. The highest BCUT2D eigenvalue weighted by Crippen LogP contribution is 2.07. The van der Waals surface area contributed by atoms with Crippen LogP contribution in [0.15, 0.2) is 28.8 Å². The van der Waals surface area contributed by atoms with Crippen molar-refractivity contribution in [3.63, 3.8) is 0 Å². The molecule has 1 N–H and O–H groups in total. The second-order valence-corrected chi connectivity index (χ2v) is 3.12. The number of carbonyl (C=O) groups excluding carboxylic acids is 1. The molecule has 2 aromatic rings. The Balaban J connectivity index is 2.13. The van der Waals surface area contributed by atoms with E-state index in [1.807, 2.05) is 0 Å². The van der Waals surface area contributed by atoms with Crippen molar-refractivity contribution in [2.24, 2.45) is 0 Å². The van der Waals surface area contributed by atoms with Gasteiger partial charge in [0.1, 0.15) is 11.6 Å². The van der Waals surface area contributed by atoms with E-state index in [9.17, 15) is 9.18 Å². The maximum Gasteiger partial charge on any atom is 0.279 e. The van der Waals surface area contributed by atoms with Crippen LogP contribution in [0.25, 0.3) is 0 Å². The third kappa shape index (κ3) is 2.22. The molecule has 2 heterocycles. The van der Waals surface area contributed by atoms with Crippen LogP contribution in [-0.4, -0.2) is 16.0 Å². The second-order valence-electron chi connectivity index (χ2n) is 3.12. The fourth-order valence-electron chi connectivity index (χ4n) is 1.13. The molecule has 0 aliphatic carbocycles. The van der Waals surface area contributed by atoms with Gasteiger partial charge in [0.15, 0.2) is 5.69 Å². The molecule has 0 atom stereocenters. The Morgan fingerprint density at radius 1 is 1.50 bits per heavy atom. The first-order valence-corrected chi connectivity index (χ1v) is 4.52. The van der Waals surface area contributed by atoms with E-state index >= 15 is 0 Å². The number of anilines is 1. The van der Waals surface area contributed by atoms with Gasteiger partial charge < -0.3 is 9.84 Å². The lowest BCUT2D eigenvalue weighted by Crippen LogP contribution is -2.13. The molecule has 0 unspecified atom stereocenters. The molecule has 0 spiro atoms. The van der Waals surface area contributed by atoms with Crippen molar-refractivity contribution in [2.75, 3.05) is 5.32 Å². The predicted molar refractivity (Wildman–Crippen MR) is 53.4 cm³/mol. The molecule has 0 aliphatic rings. The highest BCUT2D eigenvalue weighted by molar-refractivity contribution is 6.02. The molecule has 5 nitrogen and oxygen atoms in total. The van der Waals surface area contributed by atoms with Crippen molar-refractivity contribution in [2.45, 2.75) is 6.92 Å². The Labute approximate surface area is 90.3 Å². The van der Waals surface area contributed by atoms with Gasteiger partial charge in [-0.25, -0.2) is 4.98 Å². The van der Waals surface area contributed by atoms with E-state index in [0.717, 1.165) is 0 Å². The average molecular weight is 221 g/mol. The first kappa shape index (κ1) is 10.3. The Morgan fingerprint density at radius 3 is 2.94 bits per heavy atom. The molecule has 1 amide bonds. The number of carbonyl (C=O) groups is 1. The molecule has 16 heavy (non-hydrogen) atoms. The van der Waals surface area contributed by atoms with Crippen molar-refractivity contribution in [3.05, 3.63) is 41.7 Å². The van der Waals surface area contributed by atoms with E-state index in [0.29, 0.717) is 5.76 Å². The standard InChI is InChI=1S/C10H8FN3O2/c1-6-5-7(14-16-6)10(15)13-9-4-2-3-8(11)12-9/h2-5H,1H3,(H,12,13,15). The van der Waals surface area contributed by atoms with Gasteiger partial charge in [0, 0.05) is 6.07 Å². The Hall–Kier alpha value is -2.24. The molecule has 0 fully saturated rings. The van der Waals surface area contributed by atoms with Crippen LogP contribution in [-0.2, 0) is 0 Å². The summed E-state index contributed by atoms with van der Waals surface area (Å²) >= 11 is 0. The highest BCUT2D eigenvalue weighted by atomic mass is 19.1. The fraction of sp³-hybridized carbons (Fsp3) is 0.100. The van der Waals surface area contributed by atoms with E-state index in [4.69, 9.17) is 4.52 Å². The minimum absolute atomic E-state index is 0.128. The summed E-state index contributed by atoms with van der Waals surface area (Å²) in [5, 5.41) is 5.93. The summed E-state index contributed by atoms with van der Waals surface area (Å²) in [7, 11) is 0. The highest BCUT2D eigenvalue weighted by Gasteiger charge is 2.11. The summed E-state index contributed by atoms with van der Waals surface area (Å²) in [4.78, 5) is 15.0. The van der Waals surface area contributed by atoms with Crippen molar-refractivity contribution >= 4 is 11.7 Å². The maximum absolute atomic E-state index is 12.7. The number of aryl methyl sites for hydroxylation is 1. The van der Waals surface area contributed by atoms with E-state index < -0.39 is 11.9 Å². The predicted octanol–water partition coefficient (Wildman–Crippen LogP) is 1.77. The molecule has 0 aromatic carbocycles. The minimum atomic E-state index is -0.658.